The summed E-state index contributed by atoms with van der Waals surface area (Å²) in [5.74, 6) is 0. The molecule has 0 aliphatic heterocycles. The molecule has 8 aromatic carbocycles. The van der Waals surface area contributed by atoms with Gasteiger partial charge in [0.25, 0.3) is 0 Å². The summed E-state index contributed by atoms with van der Waals surface area (Å²) in [5, 5.41) is 3.74. The maximum absolute atomic E-state index is 4.08. The van der Waals surface area contributed by atoms with Crippen LogP contribution in [0.4, 0.5) is 17.1 Å². The number of H-pyrrole nitrogens is 1. The second kappa shape index (κ2) is 17.8. The first-order chi connectivity index (χ1) is 34.3. The van der Waals surface area contributed by atoms with Crippen LogP contribution in [0.3, 0.4) is 0 Å². The number of fused-ring (bicyclic) bond motifs is 4. The Kier molecular flexibility index (Phi) is 12.1. The molecule has 1 N–H and O–H groups in total. The SMILES string of the molecule is CC(C)(C)c1ccc(N(c2cc(-c3cc(C(C)(C)C)cc4c(-c5ccccc5)c(-c5ccccc5)[nH]c34)cc(C(C)(C)C)c2)c2ccc3c4cc(C(C)(C)C)ccc4n(-c4ccc(C(C)(C)C)cc4)c3c2)cc1. The van der Waals surface area contributed by atoms with Crippen LogP contribution in [0.1, 0.15) is 132 Å². The summed E-state index contributed by atoms with van der Waals surface area (Å²) in [7, 11) is 0. The molecule has 0 radical (unpaired) electrons. The zero-order valence-corrected chi connectivity index (χ0v) is 46.1. The fraction of sp³-hybridized carbons (Fsp3) is 0.286. The van der Waals surface area contributed by atoms with Gasteiger partial charge in [0.2, 0.25) is 0 Å². The van der Waals surface area contributed by atoms with Crippen molar-refractivity contribution in [3.8, 4) is 39.2 Å². The second-order valence-electron chi connectivity index (χ2n) is 25.8. The highest BCUT2D eigenvalue weighted by atomic mass is 15.1. The van der Waals surface area contributed by atoms with Crippen molar-refractivity contribution in [2.24, 2.45) is 0 Å². The van der Waals surface area contributed by atoms with Gasteiger partial charge in [0.15, 0.2) is 0 Å². The molecular formula is C70H75N3. The third-order valence-electron chi connectivity index (χ3n) is 15.1. The average Bonchev–Trinajstić information content (AvgIpc) is 3.89. The largest absolute Gasteiger partial charge is 0.353 e. The number of aromatic amines is 1. The number of hydrogen-bond acceptors (Lipinski definition) is 1. The van der Waals surface area contributed by atoms with Crippen molar-refractivity contribution < 1.29 is 0 Å². The third-order valence-corrected chi connectivity index (χ3v) is 15.1. The highest BCUT2D eigenvalue weighted by Gasteiger charge is 2.27. The van der Waals surface area contributed by atoms with E-state index in [1.54, 1.807) is 0 Å². The smallest absolute Gasteiger partial charge is 0.0561 e. The van der Waals surface area contributed by atoms with Gasteiger partial charge in [-0.2, -0.15) is 0 Å². The van der Waals surface area contributed by atoms with Gasteiger partial charge in [0, 0.05) is 50.0 Å². The molecule has 10 rings (SSSR count). The molecular weight excluding hydrogens is 883 g/mol. The fourth-order valence-electron chi connectivity index (χ4n) is 10.6. The molecule has 0 aliphatic rings. The molecule has 0 saturated heterocycles. The normalized spacial score (nSPS) is 12.9. The van der Waals surface area contributed by atoms with Crippen LogP contribution in [0.25, 0.3) is 71.9 Å². The van der Waals surface area contributed by atoms with Crippen LogP contribution in [0.5, 0.6) is 0 Å². The fourth-order valence-corrected chi connectivity index (χ4v) is 10.6. The Morgan fingerprint density at radius 2 is 0.849 bits per heavy atom. The molecule has 3 heteroatoms. The van der Waals surface area contributed by atoms with E-state index in [9.17, 15) is 0 Å². The minimum absolute atomic E-state index is 0.00698. The zero-order valence-electron chi connectivity index (χ0n) is 46.1. The second-order valence-corrected chi connectivity index (χ2v) is 25.8. The van der Waals surface area contributed by atoms with E-state index in [-0.39, 0.29) is 27.1 Å². The van der Waals surface area contributed by atoms with E-state index in [1.165, 1.54) is 82.8 Å². The minimum Gasteiger partial charge on any atom is -0.353 e. The highest BCUT2D eigenvalue weighted by Crippen LogP contribution is 2.48. The lowest BCUT2D eigenvalue weighted by Gasteiger charge is -2.30. The maximum atomic E-state index is 4.08. The van der Waals surface area contributed by atoms with Crippen molar-refractivity contribution in [1.82, 2.24) is 9.55 Å². The minimum atomic E-state index is -0.159. The van der Waals surface area contributed by atoms with Crippen LogP contribution in [-0.2, 0) is 27.1 Å². The number of rotatable bonds is 7. The topological polar surface area (TPSA) is 24.0 Å². The van der Waals surface area contributed by atoms with Crippen LogP contribution < -0.4 is 4.90 Å². The van der Waals surface area contributed by atoms with Gasteiger partial charge in [-0.1, -0.05) is 207 Å². The van der Waals surface area contributed by atoms with Crippen molar-refractivity contribution in [1.29, 1.82) is 0 Å². The van der Waals surface area contributed by atoms with E-state index >= 15 is 0 Å². The van der Waals surface area contributed by atoms with Crippen molar-refractivity contribution >= 4 is 49.8 Å². The lowest BCUT2D eigenvalue weighted by molar-refractivity contribution is 0.589. The van der Waals surface area contributed by atoms with E-state index < -0.39 is 0 Å². The van der Waals surface area contributed by atoms with Gasteiger partial charge in [0.1, 0.15) is 0 Å². The monoisotopic (exact) mass is 958 g/mol. The summed E-state index contributed by atoms with van der Waals surface area (Å²) < 4.78 is 2.49. The van der Waals surface area contributed by atoms with E-state index in [0.717, 1.165) is 34.0 Å². The van der Waals surface area contributed by atoms with Gasteiger partial charge in [-0.15, -0.1) is 0 Å². The van der Waals surface area contributed by atoms with Crippen molar-refractivity contribution in [3.05, 3.63) is 204 Å². The number of nitrogens with one attached hydrogen (secondary N) is 1. The molecule has 0 aliphatic carbocycles. The van der Waals surface area contributed by atoms with E-state index in [2.05, 4.69) is 294 Å². The Labute approximate surface area is 436 Å². The molecule has 2 heterocycles. The molecule has 2 aromatic heterocycles. The van der Waals surface area contributed by atoms with Crippen LogP contribution in [0, 0.1) is 0 Å². The van der Waals surface area contributed by atoms with Gasteiger partial charge < -0.3 is 14.5 Å². The quantitative estimate of drug-likeness (QED) is 0.169. The van der Waals surface area contributed by atoms with Crippen molar-refractivity contribution in [2.75, 3.05) is 4.90 Å². The summed E-state index contributed by atoms with van der Waals surface area (Å²) in [6.07, 6.45) is 0. The van der Waals surface area contributed by atoms with E-state index in [4.69, 9.17) is 0 Å². The molecule has 0 amide bonds. The molecule has 0 unspecified atom stereocenters. The molecule has 10 aromatic rings. The van der Waals surface area contributed by atoms with Gasteiger partial charge in [-0.05, 0) is 144 Å². The molecule has 0 spiro atoms. The van der Waals surface area contributed by atoms with Crippen LogP contribution in [0.2, 0.25) is 0 Å². The van der Waals surface area contributed by atoms with Crippen LogP contribution in [0.15, 0.2) is 176 Å². The lowest BCUT2D eigenvalue weighted by Crippen LogP contribution is -2.16. The van der Waals surface area contributed by atoms with Gasteiger partial charge >= 0.3 is 0 Å². The summed E-state index contributed by atoms with van der Waals surface area (Å²) in [6, 6.07) is 66.8. The summed E-state index contributed by atoms with van der Waals surface area (Å²) in [4.78, 5) is 6.58. The molecule has 370 valence electrons. The number of hydrogen-bond donors (Lipinski definition) is 1. The first-order valence-electron chi connectivity index (χ1n) is 26.4. The van der Waals surface area contributed by atoms with Gasteiger partial charge in [-0.25, -0.2) is 0 Å². The Bertz CT molecular complexity index is 3640. The number of benzene rings is 8. The first-order valence-corrected chi connectivity index (χ1v) is 26.4. The molecule has 0 atom stereocenters. The Balaban J connectivity index is 1.27. The standard InChI is InChI=1S/C70H75N3/c1-66(2,3)48-26-31-53(32-27-48)72(55-35-36-57-59-41-50(68(7,8)9)30-37-61(59)73(62(57)44-55)54-33-28-49(29-34-54)67(4,5)6)56-39-47(38-51(40-56)69(10,11)12)58-42-52(70(13,14)15)43-60-63(45-22-18-16-19-23-45)64(71-65(58)60)46-24-20-17-21-25-46/h16-44,71H,1-15H3. The Morgan fingerprint density at radius 3 is 1.42 bits per heavy atom. The molecule has 73 heavy (non-hydrogen) atoms. The van der Waals surface area contributed by atoms with Crippen LogP contribution >= 0.6 is 0 Å². The van der Waals surface area contributed by atoms with E-state index in [1.807, 2.05) is 0 Å². The number of aromatic nitrogens is 2. The average molecular weight is 958 g/mol. The Morgan fingerprint density at radius 1 is 0.342 bits per heavy atom. The predicted molar refractivity (Wildman–Crippen MR) is 317 cm³/mol. The number of anilines is 3. The molecule has 0 fully saturated rings. The molecule has 3 nitrogen and oxygen atoms in total. The number of nitrogens with zero attached hydrogens (tertiary/aromatic N) is 2. The maximum Gasteiger partial charge on any atom is 0.0561 e. The lowest BCUT2D eigenvalue weighted by atomic mass is 9.81. The van der Waals surface area contributed by atoms with Crippen LogP contribution in [-0.4, -0.2) is 9.55 Å². The highest BCUT2D eigenvalue weighted by molar-refractivity contribution is 6.12. The van der Waals surface area contributed by atoms with Crippen molar-refractivity contribution in [3.63, 3.8) is 0 Å². The summed E-state index contributed by atoms with van der Waals surface area (Å²) in [6.45, 7) is 34.7. The van der Waals surface area contributed by atoms with Gasteiger partial charge in [0.05, 0.1) is 22.2 Å². The Hall–Kier alpha value is -7.10. The third kappa shape index (κ3) is 9.44. The summed E-state index contributed by atoms with van der Waals surface area (Å²) in [5.41, 5.74) is 21.4. The first kappa shape index (κ1) is 49.5. The predicted octanol–water partition coefficient (Wildman–Crippen LogP) is 20.2. The summed E-state index contributed by atoms with van der Waals surface area (Å²) >= 11 is 0. The van der Waals surface area contributed by atoms with Crippen molar-refractivity contribution in [2.45, 2.75) is 131 Å². The van der Waals surface area contributed by atoms with E-state index in [0.29, 0.717) is 0 Å². The molecule has 0 bridgehead atoms. The molecule has 0 saturated carbocycles. The zero-order chi connectivity index (χ0) is 52.0. The van der Waals surface area contributed by atoms with Gasteiger partial charge in [-0.3, -0.25) is 0 Å².